The number of anilines is 1. The van der Waals surface area contributed by atoms with Gasteiger partial charge in [0.1, 0.15) is 0 Å². The second kappa shape index (κ2) is 8.14. The van der Waals surface area contributed by atoms with E-state index >= 15 is 0 Å². The quantitative estimate of drug-likeness (QED) is 0.665. The van der Waals surface area contributed by atoms with Gasteiger partial charge in [-0.1, -0.05) is 19.3 Å². The van der Waals surface area contributed by atoms with Crippen LogP contribution in [0.25, 0.3) is 21.9 Å². The summed E-state index contributed by atoms with van der Waals surface area (Å²) in [6, 6.07) is 8.36. The number of benzene rings is 1. The smallest absolute Gasteiger partial charge is 0.160 e. The van der Waals surface area contributed by atoms with Gasteiger partial charge < -0.3 is 5.32 Å². The Morgan fingerprint density at radius 1 is 1.26 bits per heavy atom. The molecule has 3 aromatic rings. The number of aromatic nitrogens is 3. The average Bonchev–Trinajstić information content (AvgIpc) is 3.10. The van der Waals surface area contributed by atoms with Crippen molar-refractivity contribution in [1.82, 2.24) is 14.8 Å². The van der Waals surface area contributed by atoms with Crippen LogP contribution in [0, 0.1) is 17.2 Å². The van der Waals surface area contributed by atoms with Crippen LogP contribution in [0.3, 0.4) is 0 Å². The van der Waals surface area contributed by atoms with Gasteiger partial charge in [-0.25, -0.2) is 9.67 Å². The van der Waals surface area contributed by atoms with Crippen molar-refractivity contribution in [3.63, 3.8) is 0 Å². The summed E-state index contributed by atoms with van der Waals surface area (Å²) in [6.07, 6.45) is 8.50. The minimum Gasteiger partial charge on any atom is -0.381 e. The zero-order valence-corrected chi connectivity index (χ0v) is 16.7. The van der Waals surface area contributed by atoms with E-state index in [0.717, 1.165) is 34.2 Å². The molecule has 5 nitrogen and oxygen atoms in total. The van der Waals surface area contributed by atoms with Crippen LogP contribution in [-0.4, -0.2) is 20.8 Å². The molecule has 2 heterocycles. The molecule has 0 unspecified atom stereocenters. The maximum absolute atomic E-state index is 9.32. The van der Waals surface area contributed by atoms with Crippen molar-refractivity contribution < 1.29 is 0 Å². The van der Waals surface area contributed by atoms with E-state index in [9.17, 15) is 5.26 Å². The van der Waals surface area contributed by atoms with Crippen LogP contribution in [0.15, 0.2) is 24.4 Å². The van der Waals surface area contributed by atoms with Crippen molar-refractivity contribution in [3.05, 3.63) is 30.0 Å². The lowest BCUT2D eigenvalue weighted by molar-refractivity contribution is 0.328. The lowest BCUT2D eigenvalue weighted by Crippen LogP contribution is -2.27. The molecule has 4 rings (SSSR count). The summed E-state index contributed by atoms with van der Waals surface area (Å²) < 4.78 is 1.93. The third-order valence-corrected chi connectivity index (χ3v) is 5.73. The number of pyridine rings is 1. The number of fused-ring (bicyclic) bond motifs is 2. The average molecular weight is 384 g/mol. The maximum atomic E-state index is 9.32. The van der Waals surface area contributed by atoms with E-state index in [2.05, 4.69) is 30.3 Å². The van der Waals surface area contributed by atoms with Crippen LogP contribution < -0.4 is 5.32 Å². The molecular formula is C21H26ClN5. The monoisotopic (exact) mass is 383 g/mol. The third kappa shape index (κ3) is 3.59. The fourth-order valence-electron chi connectivity index (χ4n) is 4.20. The molecule has 1 atom stereocenters. The zero-order valence-electron chi connectivity index (χ0n) is 15.9. The van der Waals surface area contributed by atoms with E-state index in [0.29, 0.717) is 17.5 Å². The molecule has 0 saturated heterocycles. The zero-order chi connectivity index (χ0) is 18.1. The molecule has 0 bridgehead atoms. The number of nitriles is 1. The molecule has 6 heteroatoms. The molecule has 0 spiro atoms. The minimum atomic E-state index is 0. The van der Waals surface area contributed by atoms with Gasteiger partial charge in [-0.15, -0.1) is 12.4 Å². The lowest BCUT2D eigenvalue weighted by atomic mass is 9.84. The summed E-state index contributed by atoms with van der Waals surface area (Å²) in [5.41, 5.74) is 3.54. The normalized spacial score (nSPS) is 16.0. The van der Waals surface area contributed by atoms with Gasteiger partial charge in [0.25, 0.3) is 0 Å². The fraction of sp³-hybridized carbons (Fsp3) is 0.476. The van der Waals surface area contributed by atoms with Crippen LogP contribution in [-0.2, 0) is 6.54 Å². The molecule has 1 saturated carbocycles. The standard InChI is InChI=1S/C21H25N5.ClH/c1-3-26-21-18(13-23-26)20(24-14(2)16-7-5-4-6-8-16)17-11-15(12-22)9-10-19(17)25-21;/h9-11,13-14,16H,3-8H2,1-2H3,(H,24,25);1H/t14-;/m0./s1. The summed E-state index contributed by atoms with van der Waals surface area (Å²) in [5.74, 6) is 0.697. The Labute approximate surface area is 166 Å². The first kappa shape index (κ1) is 19.4. The number of rotatable bonds is 4. The molecule has 1 aromatic carbocycles. The molecular weight excluding hydrogens is 358 g/mol. The third-order valence-electron chi connectivity index (χ3n) is 5.73. The fourth-order valence-corrected chi connectivity index (χ4v) is 4.20. The van der Waals surface area contributed by atoms with Crippen LogP contribution in [0.5, 0.6) is 0 Å². The Kier molecular flexibility index (Phi) is 5.86. The van der Waals surface area contributed by atoms with E-state index in [1.807, 2.05) is 29.1 Å². The van der Waals surface area contributed by atoms with Gasteiger partial charge in [-0.3, -0.25) is 0 Å². The Morgan fingerprint density at radius 3 is 2.74 bits per heavy atom. The van der Waals surface area contributed by atoms with Gasteiger partial charge in [-0.05, 0) is 50.8 Å². The van der Waals surface area contributed by atoms with Gasteiger partial charge in [0.2, 0.25) is 0 Å². The summed E-state index contributed by atoms with van der Waals surface area (Å²) in [6.45, 7) is 5.15. The lowest BCUT2D eigenvalue weighted by Gasteiger charge is -2.29. The molecule has 142 valence electrons. The molecule has 2 aromatic heterocycles. The molecule has 1 aliphatic carbocycles. The first-order valence-corrected chi connectivity index (χ1v) is 9.67. The second-order valence-corrected chi connectivity index (χ2v) is 7.36. The van der Waals surface area contributed by atoms with Crippen molar-refractivity contribution in [2.45, 2.75) is 58.5 Å². The molecule has 1 N–H and O–H groups in total. The molecule has 0 amide bonds. The van der Waals surface area contributed by atoms with E-state index in [1.54, 1.807) is 0 Å². The van der Waals surface area contributed by atoms with Crippen molar-refractivity contribution in [3.8, 4) is 6.07 Å². The molecule has 27 heavy (non-hydrogen) atoms. The topological polar surface area (TPSA) is 66.5 Å². The van der Waals surface area contributed by atoms with E-state index < -0.39 is 0 Å². The number of hydrogen-bond donors (Lipinski definition) is 1. The molecule has 0 radical (unpaired) electrons. The number of aryl methyl sites for hydroxylation is 1. The minimum absolute atomic E-state index is 0. The van der Waals surface area contributed by atoms with Crippen molar-refractivity contribution in [1.29, 1.82) is 5.26 Å². The van der Waals surface area contributed by atoms with Crippen LogP contribution >= 0.6 is 12.4 Å². The predicted octanol–water partition coefficient (Wildman–Crippen LogP) is 5.28. The summed E-state index contributed by atoms with van der Waals surface area (Å²) in [4.78, 5) is 4.82. The highest BCUT2D eigenvalue weighted by Crippen LogP contribution is 2.34. The predicted molar refractivity (Wildman–Crippen MR) is 112 cm³/mol. The Bertz CT molecular complexity index is 982. The molecule has 1 fully saturated rings. The SMILES string of the molecule is CCn1ncc2c(N[C@@H](C)C3CCCCC3)c3cc(C#N)ccc3nc21.Cl. The first-order valence-electron chi connectivity index (χ1n) is 9.67. The van der Waals surface area contributed by atoms with E-state index in [1.165, 1.54) is 32.1 Å². The molecule has 1 aliphatic rings. The Hall–Kier alpha value is -2.32. The van der Waals surface area contributed by atoms with Crippen molar-refractivity contribution >= 4 is 40.0 Å². The summed E-state index contributed by atoms with van der Waals surface area (Å²) >= 11 is 0. The van der Waals surface area contributed by atoms with Crippen LogP contribution in [0.4, 0.5) is 5.69 Å². The van der Waals surface area contributed by atoms with Crippen molar-refractivity contribution in [2.24, 2.45) is 5.92 Å². The van der Waals surface area contributed by atoms with Crippen LogP contribution in [0.2, 0.25) is 0 Å². The Balaban J connectivity index is 0.00000210. The van der Waals surface area contributed by atoms with Gasteiger partial charge in [0.05, 0.1) is 34.4 Å². The highest BCUT2D eigenvalue weighted by Gasteiger charge is 2.22. The van der Waals surface area contributed by atoms with E-state index in [4.69, 9.17) is 4.98 Å². The van der Waals surface area contributed by atoms with Gasteiger partial charge in [0.15, 0.2) is 5.65 Å². The van der Waals surface area contributed by atoms with Crippen molar-refractivity contribution in [2.75, 3.05) is 5.32 Å². The number of nitrogens with one attached hydrogen (secondary N) is 1. The van der Waals surface area contributed by atoms with E-state index in [-0.39, 0.29) is 12.4 Å². The second-order valence-electron chi connectivity index (χ2n) is 7.36. The highest BCUT2D eigenvalue weighted by atomic mass is 35.5. The largest absolute Gasteiger partial charge is 0.381 e. The number of halogens is 1. The molecule has 0 aliphatic heterocycles. The van der Waals surface area contributed by atoms with Gasteiger partial charge >= 0.3 is 0 Å². The number of nitrogens with zero attached hydrogens (tertiary/aromatic N) is 4. The Morgan fingerprint density at radius 2 is 2.04 bits per heavy atom. The summed E-state index contributed by atoms with van der Waals surface area (Å²) in [5, 5.41) is 19.7. The first-order chi connectivity index (χ1) is 12.7. The maximum Gasteiger partial charge on any atom is 0.160 e. The van der Waals surface area contributed by atoms with Gasteiger partial charge in [-0.2, -0.15) is 10.4 Å². The number of hydrogen-bond acceptors (Lipinski definition) is 4. The summed E-state index contributed by atoms with van der Waals surface area (Å²) in [7, 11) is 0. The van der Waals surface area contributed by atoms with Gasteiger partial charge in [0, 0.05) is 18.0 Å². The highest BCUT2D eigenvalue weighted by molar-refractivity contribution is 6.06. The van der Waals surface area contributed by atoms with Crippen LogP contribution in [0.1, 0.15) is 51.5 Å².